The summed E-state index contributed by atoms with van der Waals surface area (Å²) in [6, 6.07) is 19.4. The molecular formula is C19H19NO3S. The summed E-state index contributed by atoms with van der Waals surface area (Å²) < 4.78 is 4.90. The van der Waals surface area contributed by atoms with Gasteiger partial charge >= 0.3 is 5.97 Å². The Labute approximate surface area is 145 Å². The van der Waals surface area contributed by atoms with Gasteiger partial charge in [0.05, 0.1) is 0 Å². The Hall–Kier alpha value is -2.53. The van der Waals surface area contributed by atoms with Crippen molar-refractivity contribution in [1.29, 1.82) is 0 Å². The molecule has 2 aromatic carbocycles. The lowest BCUT2D eigenvalue weighted by Crippen LogP contribution is -2.30. The molecule has 0 saturated carbocycles. The van der Waals surface area contributed by atoms with Crippen LogP contribution in [0.2, 0.25) is 0 Å². The Balaban J connectivity index is 1.59. The average Bonchev–Trinajstić information content (AvgIpc) is 2.63. The number of nitrogens with one attached hydrogen (secondary N) is 1. The zero-order valence-corrected chi connectivity index (χ0v) is 14.0. The smallest absolute Gasteiger partial charge is 0.331 e. The highest BCUT2D eigenvalue weighted by atomic mass is 32.2. The molecule has 124 valence electrons. The minimum absolute atomic E-state index is 0.270. The SMILES string of the molecule is O=C(COC(=O)/C=C/c1ccccc1)NCCSc1ccccc1. The molecule has 0 radical (unpaired) electrons. The van der Waals surface area contributed by atoms with Crippen LogP contribution in [0.1, 0.15) is 5.56 Å². The van der Waals surface area contributed by atoms with E-state index in [0.717, 1.165) is 16.2 Å². The largest absolute Gasteiger partial charge is 0.452 e. The highest BCUT2D eigenvalue weighted by Crippen LogP contribution is 2.15. The van der Waals surface area contributed by atoms with E-state index in [4.69, 9.17) is 4.74 Å². The van der Waals surface area contributed by atoms with E-state index in [-0.39, 0.29) is 12.5 Å². The molecule has 1 N–H and O–H groups in total. The van der Waals surface area contributed by atoms with Gasteiger partial charge in [-0.1, -0.05) is 48.5 Å². The molecule has 0 heterocycles. The van der Waals surface area contributed by atoms with Gasteiger partial charge in [-0.25, -0.2) is 4.79 Å². The van der Waals surface area contributed by atoms with Gasteiger partial charge in [0, 0.05) is 23.3 Å². The van der Waals surface area contributed by atoms with Crippen molar-refractivity contribution in [2.75, 3.05) is 18.9 Å². The van der Waals surface area contributed by atoms with Gasteiger partial charge in [0.1, 0.15) is 0 Å². The summed E-state index contributed by atoms with van der Waals surface area (Å²) in [5.41, 5.74) is 0.900. The molecule has 0 bridgehead atoms. The summed E-state index contributed by atoms with van der Waals surface area (Å²) in [6.45, 7) is 0.254. The van der Waals surface area contributed by atoms with Crippen molar-refractivity contribution >= 4 is 29.7 Å². The number of ether oxygens (including phenoxy) is 1. The minimum atomic E-state index is -0.535. The van der Waals surface area contributed by atoms with Crippen LogP contribution in [-0.2, 0) is 14.3 Å². The van der Waals surface area contributed by atoms with Crippen molar-refractivity contribution < 1.29 is 14.3 Å². The van der Waals surface area contributed by atoms with Gasteiger partial charge in [-0.05, 0) is 23.8 Å². The van der Waals surface area contributed by atoms with Crippen molar-refractivity contribution in [1.82, 2.24) is 5.32 Å². The zero-order chi connectivity index (χ0) is 17.0. The van der Waals surface area contributed by atoms with Gasteiger partial charge in [-0.15, -0.1) is 11.8 Å². The van der Waals surface area contributed by atoms with E-state index in [1.165, 1.54) is 6.08 Å². The maximum atomic E-state index is 11.6. The third kappa shape index (κ3) is 7.15. The summed E-state index contributed by atoms with van der Waals surface area (Å²) in [5, 5.41) is 2.72. The highest BCUT2D eigenvalue weighted by Gasteiger charge is 2.04. The van der Waals surface area contributed by atoms with Gasteiger partial charge in [-0.3, -0.25) is 4.79 Å². The second-order valence-corrected chi connectivity index (χ2v) is 6.03. The number of rotatable bonds is 8. The van der Waals surface area contributed by atoms with Crippen molar-refractivity contribution in [3.8, 4) is 0 Å². The predicted molar refractivity (Wildman–Crippen MR) is 96.6 cm³/mol. The van der Waals surface area contributed by atoms with Gasteiger partial charge < -0.3 is 10.1 Å². The van der Waals surface area contributed by atoms with Crippen LogP contribution >= 0.6 is 11.8 Å². The molecule has 2 aromatic rings. The molecule has 5 heteroatoms. The Morgan fingerprint density at radius 2 is 1.67 bits per heavy atom. The number of hydrogen-bond acceptors (Lipinski definition) is 4. The Kier molecular flexibility index (Phi) is 7.63. The van der Waals surface area contributed by atoms with E-state index in [1.54, 1.807) is 17.8 Å². The van der Waals surface area contributed by atoms with Gasteiger partial charge in [-0.2, -0.15) is 0 Å². The molecule has 2 rings (SSSR count). The molecule has 0 aromatic heterocycles. The topological polar surface area (TPSA) is 55.4 Å². The van der Waals surface area contributed by atoms with Crippen LogP contribution in [-0.4, -0.2) is 30.8 Å². The maximum Gasteiger partial charge on any atom is 0.331 e. The summed E-state index contributed by atoms with van der Waals surface area (Å²) in [5.74, 6) is -0.0739. The molecule has 0 unspecified atom stereocenters. The fourth-order valence-corrected chi connectivity index (χ4v) is 2.63. The molecule has 0 aliphatic heterocycles. The van der Waals surface area contributed by atoms with Gasteiger partial charge in [0.25, 0.3) is 5.91 Å². The summed E-state index contributed by atoms with van der Waals surface area (Å²) in [6.07, 6.45) is 2.96. The number of thioether (sulfide) groups is 1. The van der Waals surface area contributed by atoms with Gasteiger partial charge in [0.15, 0.2) is 6.61 Å². The third-order valence-electron chi connectivity index (χ3n) is 2.99. The fraction of sp³-hybridized carbons (Fsp3) is 0.158. The van der Waals surface area contributed by atoms with E-state index in [0.29, 0.717) is 6.54 Å². The first kappa shape index (κ1) is 17.8. The van der Waals surface area contributed by atoms with E-state index in [9.17, 15) is 9.59 Å². The first-order chi connectivity index (χ1) is 11.7. The lowest BCUT2D eigenvalue weighted by atomic mass is 10.2. The Morgan fingerprint density at radius 1 is 1.00 bits per heavy atom. The fourth-order valence-electron chi connectivity index (χ4n) is 1.84. The maximum absolute atomic E-state index is 11.6. The molecule has 0 atom stereocenters. The van der Waals surface area contributed by atoms with Crippen molar-refractivity contribution in [3.05, 3.63) is 72.3 Å². The highest BCUT2D eigenvalue weighted by molar-refractivity contribution is 7.99. The molecule has 0 aliphatic carbocycles. The quantitative estimate of drug-likeness (QED) is 0.347. The van der Waals surface area contributed by atoms with Gasteiger partial charge in [0.2, 0.25) is 0 Å². The summed E-state index contributed by atoms with van der Waals surface area (Å²) in [4.78, 5) is 24.3. The van der Waals surface area contributed by atoms with Crippen LogP contribution in [0.25, 0.3) is 6.08 Å². The van der Waals surface area contributed by atoms with E-state index in [1.807, 2.05) is 60.7 Å². The number of benzene rings is 2. The third-order valence-corrected chi connectivity index (χ3v) is 4.01. The molecule has 24 heavy (non-hydrogen) atoms. The number of hydrogen-bond donors (Lipinski definition) is 1. The number of carbonyl (C=O) groups excluding carboxylic acids is 2. The van der Waals surface area contributed by atoms with Crippen LogP contribution in [0.5, 0.6) is 0 Å². The molecule has 0 saturated heterocycles. The minimum Gasteiger partial charge on any atom is -0.452 e. The normalized spacial score (nSPS) is 10.5. The predicted octanol–water partition coefficient (Wildman–Crippen LogP) is 3.15. The zero-order valence-electron chi connectivity index (χ0n) is 13.2. The molecule has 1 amide bonds. The molecule has 0 spiro atoms. The molecular weight excluding hydrogens is 322 g/mol. The second kappa shape index (κ2) is 10.3. The first-order valence-corrected chi connectivity index (χ1v) is 8.57. The molecule has 0 fully saturated rings. The van der Waals surface area contributed by atoms with E-state index >= 15 is 0 Å². The van der Waals surface area contributed by atoms with Crippen LogP contribution in [0.4, 0.5) is 0 Å². The Morgan fingerprint density at radius 3 is 2.38 bits per heavy atom. The van der Waals surface area contributed by atoms with Crippen molar-refractivity contribution in [2.45, 2.75) is 4.90 Å². The monoisotopic (exact) mass is 341 g/mol. The number of esters is 1. The van der Waals surface area contributed by atoms with Crippen LogP contribution in [0.3, 0.4) is 0 Å². The van der Waals surface area contributed by atoms with Crippen LogP contribution < -0.4 is 5.32 Å². The number of amides is 1. The average molecular weight is 341 g/mol. The standard InChI is InChI=1S/C19H19NO3S/c21-18(20-13-14-24-17-9-5-2-6-10-17)15-23-19(22)12-11-16-7-3-1-4-8-16/h1-12H,13-15H2,(H,20,21)/b12-11+. The summed E-state index contributed by atoms with van der Waals surface area (Å²) in [7, 11) is 0. The lowest BCUT2D eigenvalue weighted by Gasteiger charge is -2.05. The number of carbonyl (C=O) groups is 2. The van der Waals surface area contributed by atoms with E-state index in [2.05, 4.69) is 5.32 Å². The lowest BCUT2D eigenvalue weighted by molar-refractivity contribution is -0.143. The van der Waals surface area contributed by atoms with Crippen LogP contribution in [0, 0.1) is 0 Å². The van der Waals surface area contributed by atoms with Crippen LogP contribution in [0.15, 0.2) is 71.6 Å². The second-order valence-electron chi connectivity index (χ2n) is 4.86. The first-order valence-electron chi connectivity index (χ1n) is 7.58. The van der Waals surface area contributed by atoms with Crippen molar-refractivity contribution in [2.24, 2.45) is 0 Å². The summed E-state index contributed by atoms with van der Waals surface area (Å²) >= 11 is 1.66. The Bertz CT molecular complexity index is 672. The molecule has 4 nitrogen and oxygen atoms in total. The molecule has 0 aliphatic rings. The van der Waals surface area contributed by atoms with Crippen molar-refractivity contribution in [3.63, 3.8) is 0 Å². The van der Waals surface area contributed by atoms with E-state index < -0.39 is 5.97 Å².